The highest BCUT2D eigenvalue weighted by Crippen LogP contribution is 2.23. The highest BCUT2D eigenvalue weighted by molar-refractivity contribution is 5.94. The molecule has 2 aliphatic rings. The number of rotatable bonds is 3. The Labute approximate surface area is 124 Å². The van der Waals surface area contributed by atoms with Gasteiger partial charge in [-0.1, -0.05) is 12.1 Å². The first-order chi connectivity index (χ1) is 10.1. The van der Waals surface area contributed by atoms with E-state index in [-0.39, 0.29) is 18.0 Å². The summed E-state index contributed by atoms with van der Waals surface area (Å²) in [6, 6.07) is 7.50. The molecule has 3 amide bonds. The summed E-state index contributed by atoms with van der Waals surface area (Å²) in [7, 11) is 0. The molecule has 112 valence electrons. The first-order valence-electron chi connectivity index (χ1n) is 7.58. The average molecular weight is 287 g/mol. The van der Waals surface area contributed by atoms with Gasteiger partial charge in [-0.3, -0.25) is 4.79 Å². The smallest absolute Gasteiger partial charge is 0.322 e. The number of nitrogens with one attached hydrogen (secondary N) is 2. The van der Waals surface area contributed by atoms with E-state index in [9.17, 15) is 9.59 Å². The molecule has 3 rings (SSSR count). The van der Waals surface area contributed by atoms with Gasteiger partial charge >= 0.3 is 6.03 Å². The van der Waals surface area contributed by atoms with Crippen molar-refractivity contribution in [2.45, 2.75) is 44.7 Å². The van der Waals surface area contributed by atoms with Crippen LogP contribution in [0.2, 0.25) is 0 Å². The van der Waals surface area contributed by atoms with Crippen molar-refractivity contribution < 1.29 is 9.59 Å². The number of carbonyl (C=O) groups is 2. The Morgan fingerprint density at radius 2 is 2.05 bits per heavy atom. The predicted molar refractivity (Wildman–Crippen MR) is 81.1 cm³/mol. The number of aryl methyl sites for hydroxylation is 1. The lowest BCUT2D eigenvalue weighted by Gasteiger charge is -2.24. The molecule has 1 aromatic carbocycles. The van der Waals surface area contributed by atoms with Crippen LogP contribution in [0.5, 0.6) is 0 Å². The van der Waals surface area contributed by atoms with Gasteiger partial charge in [0.2, 0.25) is 5.91 Å². The van der Waals surface area contributed by atoms with Crippen molar-refractivity contribution in [3.8, 4) is 0 Å². The lowest BCUT2D eigenvalue weighted by Crippen LogP contribution is -2.48. The van der Waals surface area contributed by atoms with Crippen LogP contribution in [0.4, 0.5) is 10.5 Å². The second-order valence-corrected chi connectivity index (χ2v) is 5.93. The molecule has 0 aromatic heterocycles. The summed E-state index contributed by atoms with van der Waals surface area (Å²) in [4.78, 5) is 26.2. The third kappa shape index (κ3) is 3.35. The van der Waals surface area contributed by atoms with Gasteiger partial charge in [-0.15, -0.1) is 0 Å². The third-order valence-corrected chi connectivity index (χ3v) is 4.01. The first-order valence-corrected chi connectivity index (χ1v) is 7.58. The van der Waals surface area contributed by atoms with E-state index in [1.165, 1.54) is 0 Å². The molecule has 2 fully saturated rings. The maximum Gasteiger partial charge on any atom is 0.322 e. The van der Waals surface area contributed by atoms with Crippen LogP contribution < -0.4 is 10.6 Å². The van der Waals surface area contributed by atoms with Gasteiger partial charge in [0, 0.05) is 18.3 Å². The van der Waals surface area contributed by atoms with E-state index in [1.807, 2.05) is 31.2 Å². The quantitative estimate of drug-likeness (QED) is 0.896. The SMILES string of the molecule is Cc1cccc(NC(=O)N2CCCC2C(=O)NC2CC2)c1. The molecular formula is C16H21N3O2. The Morgan fingerprint density at radius 1 is 1.24 bits per heavy atom. The van der Waals surface area contributed by atoms with Gasteiger partial charge in [0.25, 0.3) is 0 Å². The van der Waals surface area contributed by atoms with Gasteiger partial charge < -0.3 is 15.5 Å². The van der Waals surface area contributed by atoms with Crippen LogP contribution >= 0.6 is 0 Å². The van der Waals surface area contributed by atoms with Crippen molar-refractivity contribution in [2.24, 2.45) is 0 Å². The van der Waals surface area contributed by atoms with Gasteiger partial charge in [-0.25, -0.2) is 4.79 Å². The number of anilines is 1. The van der Waals surface area contributed by atoms with Crippen LogP contribution in [0, 0.1) is 6.92 Å². The fourth-order valence-electron chi connectivity index (χ4n) is 2.73. The van der Waals surface area contributed by atoms with Gasteiger partial charge in [0.15, 0.2) is 0 Å². The number of nitrogens with zero attached hydrogens (tertiary/aromatic N) is 1. The van der Waals surface area contributed by atoms with Crippen LogP contribution in [0.3, 0.4) is 0 Å². The average Bonchev–Trinajstić information content (AvgIpc) is 3.11. The molecule has 5 nitrogen and oxygen atoms in total. The highest BCUT2D eigenvalue weighted by atomic mass is 16.2. The van der Waals surface area contributed by atoms with Gasteiger partial charge in [0.05, 0.1) is 0 Å². The van der Waals surface area contributed by atoms with Crippen LogP contribution in [0.1, 0.15) is 31.2 Å². The molecule has 1 heterocycles. The van der Waals surface area contributed by atoms with Gasteiger partial charge in [-0.05, 0) is 50.3 Å². The van der Waals surface area contributed by atoms with Gasteiger partial charge in [0.1, 0.15) is 6.04 Å². The first kappa shape index (κ1) is 13.9. The Hall–Kier alpha value is -2.04. The molecule has 0 radical (unpaired) electrons. The summed E-state index contributed by atoms with van der Waals surface area (Å²) in [6.45, 7) is 2.62. The predicted octanol–water partition coefficient (Wildman–Crippen LogP) is 2.27. The standard InChI is InChI=1S/C16H21N3O2/c1-11-4-2-5-13(10-11)18-16(21)19-9-3-6-14(19)15(20)17-12-7-8-12/h2,4-5,10,12,14H,3,6-9H2,1H3,(H,17,20)(H,18,21). The normalized spacial score (nSPS) is 21.2. The molecule has 0 spiro atoms. The van der Waals surface area contributed by atoms with Crippen molar-refractivity contribution in [1.82, 2.24) is 10.2 Å². The lowest BCUT2D eigenvalue weighted by molar-refractivity contribution is -0.124. The summed E-state index contributed by atoms with van der Waals surface area (Å²) in [5, 5.41) is 5.88. The summed E-state index contributed by atoms with van der Waals surface area (Å²) in [5.41, 5.74) is 1.87. The maximum atomic E-state index is 12.4. The fourth-order valence-corrected chi connectivity index (χ4v) is 2.73. The molecule has 21 heavy (non-hydrogen) atoms. The summed E-state index contributed by atoms with van der Waals surface area (Å²) < 4.78 is 0. The van der Waals surface area contributed by atoms with Crippen LogP contribution in [-0.4, -0.2) is 35.5 Å². The Morgan fingerprint density at radius 3 is 2.76 bits per heavy atom. The van der Waals surface area contributed by atoms with E-state index in [4.69, 9.17) is 0 Å². The number of hydrogen-bond acceptors (Lipinski definition) is 2. The summed E-state index contributed by atoms with van der Waals surface area (Å²) in [6.07, 6.45) is 3.76. The zero-order chi connectivity index (χ0) is 14.8. The zero-order valence-corrected chi connectivity index (χ0v) is 12.3. The number of hydrogen-bond donors (Lipinski definition) is 2. The maximum absolute atomic E-state index is 12.4. The van der Waals surface area contributed by atoms with E-state index < -0.39 is 0 Å². The molecule has 1 unspecified atom stereocenters. The second kappa shape index (κ2) is 5.76. The summed E-state index contributed by atoms with van der Waals surface area (Å²) >= 11 is 0. The Balaban J connectivity index is 1.63. The highest BCUT2D eigenvalue weighted by Gasteiger charge is 2.36. The largest absolute Gasteiger partial charge is 0.352 e. The molecule has 1 saturated heterocycles. The van der Waals surface area contributed by atoms with E-state index in [0.717, 1.165) is 36.9 Å². The van der Waals surface area contributed by atoms with E-state index >= 15 is 0 Å². The monoisotopic (exact) mass is 287 g/mol. The fraction of sp³-hybridized carbons (Fsp3) is 0.500. The molecule has 1 aliphatic heterocycles. The Kier molecular flexibility index (Phi) is 3.82. The number of likely N-dealkylation sites (tertiary alicyclic amines) is 1. The minimum atomic E-state index is -0.324. The molecule has 2 N–H and O–H groups in total. The number of urea groups is 1. The van der Waals surface area contributed by atoms with E-state index in [1.54, 1.807) is 4.90 Å². The molecule has 1 aromatic rings. The second-order valence-electron chi connectivity index (χ2n) is 5.93. The van der Waals surface area contributed by atoms with Crippen molar-refractivity contribution in [1.29, 1.82) is 0 Å². The topological polar surface area (TPSA) is 61.4 Å². The molecular weight excluding hydrogens is 266 g/mol. The number of amides is 3. The van der Waals surface area contributed by atoms with E-state index in [0.29, 0.717) is 12.6 Å². The number of carbonyl (C=O) groups excluding carboxylic acids is 2. The van der Waals surface area contributed by atoms with Crippen molar-refractivity contribution in [3.05, 3.63) is 29.8 Å². The third-order valence-electron chi connectivity index (χ3n) is 4.01. The van der Waals surface area contributed by atoms with Crippen LogP contribution in [-0.2, 0) is 4.79 Å². The lowest BCUT2D eigenvalue weighted by atomic mass is 10.2. The van der Waals surface area contributed by atoms with Gasteiger partial charge in [-0.2, -0.15) is 0 Å². The molecule has 5 heteroatoms. The van der Waals surface area contributed by atoms with Crippen molar-refractivity contribution in [3.63, 3.8) is 0 Å². The minimum absolute atomic E-state index is 0.00519. The number of benzene rings is 1. The summed E-state index contributed by atoms with van der Waals surface area (Å²) in [5.74, 6) is -0.00519. The Bertz CT molecular complexity index is 554. The van der Waals surface area contributed by atoms with Crippen molar-refractivity contribution in [2.75, 3.05) is 11.9 Å². The molecule has 1 aliphatic carbocycles. The molecule has 1 atom stereocenters. The van der Waals surface area contributed by atoms with E-state index in [2.05, 4.69) is 10.6 Å². The van der Waals surface area contributed by atoms with Crippen LogP contribution in [0.25, 0.3) is 0 Å². The molecule has 0 bridgehead atoms. The minimum Gasteiger partial charge on any atom is -0.352 e. The van der Waals surface area contributed by atoms with Crippen LogP contribution in [0.15, 0.2) is 24.3 Å². The van der Waals surface area contributed by atoms with Crippen molar-refractivity contribution >= 4 is 17.6 Å². The zero-order valence-electron chi connectivity index (χ0n) is 12.3. The molecule has 1 saturated carbocycles.